The van der Waals surface area contributed by atoms with Crippen LogP contribution in [0.3, 0.4) is 0 Å². The first kappa shape index (κ1) is 12.7. The van der Waals surface area contributed by atoms with Crippen LogP contribution in [0, 0.1) is 0 Å². The van der Waals surface area contributed by atoms with Crippen LogP contribution >= 0.6 is 12.4 Å². The van der Waals surface area contributed by atoms with Crippen molar-refractivity contribution in [3.8, 4) is 0 Å². The third kappa shape index (κ3) is 3.50. The van der Waals surface area contributed by atoms with E-state index in [1.165, 1.54) is 0 Å². The second-order valence-corrected chi connectivity index (χ2v) is 3.88. The zero-order chi connectivity index (χ0) is 9.19. The molecule has 0 atom stereocenters. The van der Waals surface area contributed by atoms with Gasteiger partial charge in [0.25, 0.3) is 0 Å². The van der Waals surface area contributed by atoms with Gasteiger partial charge in [0.2, 0.25) is 5.91 Å². The molecule has 13 heavy (non-hydrogen) atoms. The van der Waals surface area contributed by atoms with Crippen LogP contribution in [0.1, 0.15) is 13.8 Å². The second kappa shape index (κ2) is 4.79. The third-order valence-electron chi connectivity index (χ3n) is 2.32. The summed E-state index contributed by atoms with van der Waals surface area (Å²) in [5, 5.41) is 3.28. The van der Waals surface area contributed by atoms with E-state index in [1.54, 1.807) is 0 Å². The van der Waals surface area contributed by atoms with Crippen molar-refractivity contribution >= 4 is 18.3 Å². The van der Waals surface area contributed by atoms with E-state index in [1.807, 2.05) is 0 Å². The van der Waals surface area contributed by atoms with Crippen LogP contribution < -0.4 is 11.1 Å². The molecule has 0 aromatic rings. The number of nitrogens with zero attached hydrogens (tertiary/aromatic N) is 1. The minimum Gasteiger partial charge on any atom is -0.369 e. The first-order chi connectivity index (χ1) is 5.52. The summed E-state index contributed by atoms with van der Waals surface area (Å²) < 4.78 is 0. The maximum absolute atomic E-state index is 10.7. The van der Waals surface area contributed by atoms with Crippen LogP contribution in [0.2, 0.25) is 0 Å². The largest absolute Gasteiger partial charge is 0.369 e. The van der Waals surface area contributed by atoms with E-state index in [-0.39, 0.29) is 23.9 Å². The average molecular weight is 208 g/mol. The first-order valence-electron chi connectivity index (χ1n) is 4.26. The number of piperazine rings is 1. The Hall–Kier alpha value is -0.320. The summed E-state index contributed by atoms with van der Waals surface area (Å²) in [5.41, 5.74) is 5.19. The predicted octanol–water partition coefficient (Wildman–Crippen LogP) is -0.423. The highest BCUT2D eigenvalue weighted by atomic mass is 35.5. The molecule has 3 N–H and O–H groups in total. The molecule has 0 saturated carbocycles. The number of carbonyl (C=O) groups is 1. The fourth-order valence-corrected chi connectivity index (χ4v) is 1.50. The van der Waals surface area contributed by atoms with E-state index in [9.17, 15) is 4.79 Å². The molecule has 4 nitrogen and oxygen atoms in total. The number of hydrogen-bond acceptors (Lipinski definition) is 3. The van der Waals surface area contributed by atoms with Crippen molar-refractivity contribution in [3.05, 3.63) is 0 Å². The summed E-state index contributed by atoms with van der Waals surface area (Å²) in [4.78, 5) is 12.8. The van der Waals surface area contributed by atoms with Gasteiger partial charge in [0.1, 0.15) is 0 Å². The molecule has 1 fully saturated rings. The Morgan fingerprint density at radius 2 is 2.23 bits per heavy atom. The van der Waals surface area contributed by atoms with Crippen molar-refractivity contribution in [1.82, 2.24) is 10.2 Å². The lowest BCUT2D eigenvalue weighted by molar-refractivity contribution is -0.120. The van der Waals surface area contributed by atoms with Crippen LogP contribution in [0.25, 0.3) is 0 Å². The molecule has 0 unspecified atom stereocenters. The van der Waals surface area contributed by atoms with E-state index >= 15 is 0 Å². The van der Waals surface area contributed by atoms with Crippen LogP contribution in [0.5, 0.6) is 0 Å². The van der Waals surface area contributed by atoms with Crippen molar-refractivity contribution in [3.63, 3.8) is 0 Å². The van der Waals surface area contributed by atoms with E-state index in [0.717, 1.165) is 19.6 Å². The van der Waals surface area contributed by atoms with Crippen molar-refractivity contribution in [2.24, 2.45) is 5.73 Å². The molecule has 0 radical (unpaired) electrons. The highest BCUT2D eigenvalue weighted by molar-refractivity contribution is 5.85. The highest BCUT2D eigenvalue weighted by Gasteiger charge is 2.29. The Morgan fingerprint density at radius 3 is 2.69 bits per heavy atom. The SMILES string of the molecule is CC1(C)CNCCN1CC(N)=O.Cl. The summed E-state index contributed by atoms with van der Waals surface area (Å²) in [6.45, 7) is 7.35. The summed E-state index contributed by atoms with van der Waals surface area (Å²) in [7, 11) is 0. The van der Waals surface area contributed by atoms with E-state index < -0.39 is 0 Å². The van der Waals surface area contributed by atoms with Crippen LogP contribution in [0.4, 0.5) is 0 Å². The smallest absolute Gasteiger partial charge is 0.231 e. The second-order valence-electron chi connectivity index (χ2n) is 3.88. The fraction of sp³-hybridized carbons (Fsp3) is 0.875. The molecule has 1 amide bonds. The van der Waals surface area contributed by atoms with Gasteiger partial charge in [0.15, 0.2) is 0 Å². The third-order valence-corrected chi connectivity index (χ3v) is 2.32. The minimum absolute atomic E-state index is 0. The van der Waals surface area contributed by atoms with E-state index in [2.05, 4.69) is 24.1 Å². The molecule has 0 bridgehead atoms. The van der Waals surface area contributed by atoms with Gasteiger partial charge in [0, 0.05) is 25.2 Å². The molecule has 1 aliphatic heterocycles. The lowest BCUT2D eigenvalue weighted by Gasteiger charge is -2.42. The van der Waals surface area contributed by atoms with Gasteiger partial charge in [-0.25, -0.2) is 0 Å². The number of carbonyl (C=O) groups excluding carboxylic acids is 1. The molecule has 1 rings (SSSR count). The molecule has 1 aliphatic rings. The quantitative estimate of drug-likeness (QED) is 0.647. The van der Waals surface area contributed by atoms with Crippen molar-refractivity contribution in [2.45, 2.75) is 19.4 Å². The normalized spacial score (nSPS) is 22.0. The van der Waals surface area contributed by atoms with E-state index in [4.69, 9.17) is 5.73 Å². The summed E-state index contributed by atoms with van der Waals surface area (Å²) >= 11 is 0. The molecular formula is C8H18ClN3O. The van der Waals surface area contributed by atoms with Gasteiger partial charge in [-0.1, -0.05) is 0 Å². The van der Waals surface area contributed by atoms with Gasteiger partial charge >= 0.3 is 0 Å². The van der Waals surface area contributed by atoms with Crippen LogP contribution in [-0.2, 0) is 4.79 Å². The van der Waals surface area contributed by atoms with Gasteiger partial charge < -0.3 is 11.1 Å². The van der Waals surface area contributed by atoms with Crippen molar-refractivity contribution in [2.75, 3.05) is 26.2 Å². The standard InChI is InChI=1S/C8H17N3O.ClH/c1-8(2)6-10-3-4-11(8)5-7(9)12;/h10H,3-6H2,1-2H3,(H2,9,12);1H. The average Bonchev–Trinajstić information content (AvgIpc) is 1.92. The summed E-state index contributed by atoms with van der Waals surface area (Å²) in [6.07, 6.45) is 0. The van der Waals surface area contributed by atoms with Gasteiger partial charge in [0.05, 0.1) is 6.54 Å². The number of primary amides is 1. The zero-order valence-corrected chi connectivity index (χ0v) is 8.99. The Morgan fingerprint density at radius 1 is 1.62 bits per heavy atom. The van der Waals surface area contributed by atoms with E-state index in [0.29, 0.717) is 6.54 Å². The molecule has 1 heterocycles. The number of nitrogens with two attached hydrogens (primary N) is 1. The number of amides is 1. The Kier molecular flexibility index (Phi) is 4.67. The van der Waals surface area contributed by atoms with Gasteiger partial charge in [-0.2, -0.15) is 0 Å². The lowest BCUT2D eigenvalue weighted by atomic mass is 10.0. The maximum Gasteiger partial charge on any atom is 0.231 e. The Labute approximate surface area is 85.3 Å². The Balaban J connectivity index is 0.00000144. The lowest BCUT2D eigenvalue weighted by Crippen LogP contribution is -2.59. The van der Waals surface area contributed by atoms with Gasteiger partial charge in [-0.3, -0.25) is 9.69 Å². The maximum atomic E-state index is 10.7. The predicted molar refractivity (Wildman–Crippen MR) is 55.0 cm³/mol. The number of rotatable bonds is 2. The topological polar surface area (TPSA) is 58.4 Å². The summed E-state index contributed by atoms with van der Waals surface area (Å²) in [5.74, 6) is -0.245. The molecule has 1 saturated heterocycles. The molecule has 78 valence electrons. The monoisotopic (exact) mass is 207 g/mol. The minimum atomic E-state index is -0.245. The van der Waals surface area contributed by atoms with Gasteiger partial charge in [-0.05, 0) is 13.8 Å². The first-order valence-corrected chi connectivity index (χ1v) is 4.26. The summed E-state index contributed by atoms with van der Waals surface area (Å²) in [6, 6.07) is 0. The van der Waals surface area contributed by atoms with Crippen molar-refractivity contribution in [1.29, 1.82) is 0 Å². The molecular weight excluding hydrogens is 190 g/mol. The molecule has 0 aromatic carbocycles. The van der Waals surface area contributed by atoms with Gasteiger partial charge in [-0.15, -0.1) is 12.4 Å². The highest BCUT2D eigenvalue weighted by Crippen LogP contribution is 2.14. The zero-order valence-electron chi connectivity index (χ0n) is 8.17. The molecule has 0 aliphatic carbocycles. The van der Waals surface area contributed by atoms with Crippen LogP contribution in [-0.4, -0.2) is 42.5 Å². The fourth-order valence-electron chi connectivity index (χ4n) is 1.50. The van der Waals surface area contributed by atoms with Crippen LogP contribution in [0.15, 0.2) is 0 Å². The number of halogens is 1. The molecule has 0 aromatic heterocycles. The molecule has 0 spiro atoms. The number of hydrogen-bond donors (Lipinski definition) is 2. The molecule has 5 heteroatoms. The Bertz CT molecular complexity index is 184. The number of nitrogens with one attached hydrogen (secondary N) is 1. The van der Waals surface area contributed by atoms with Crippen molar-refractivity contribution < 1.29 is 4.79 Å².